The molecule has 0 aromatic carbocycles. The van der Waals surface area contributed by atoms with Crippen molar-refractivity contribution in [2.45, 2.75) is 261 Å². The van der Waals surface area contributed by atoms with E-state index >= 15 is 0 Å². The van der Waals surface area contributed by atoms with Crippen LogP contribution in [0.5, 0.6) is 0 Å². The van der Waals surface area contributed by atoms with Gasteiger partial charge in [-0.2, -0.15) is 0 Å². The highest BCUT2D eigenvalue weighted by Gasteiger charge is 2.41. The first-order valence-electron chi connectivity index (χ1n) is 38.9. The number of hydrogen-bond acceptors (Lipinski definition) is 26. The molecule has 2 aromatic rings. The van der Waals surface area contributed by atoms with E-state index in [1.807, 2.05) is 0 Å². The number of carbonyl (C=O) groups is 8. The van der Waals surface area contributed by atoms with Crippen LogP contribution in [0.15, 0.2) is 12.7 Å². The van der Waals surface area contributed by atoms with Crippen LogP contribution in [0.25, 0.3) is 11.2 Å². The number of rotatable bonds is 69. The summed E-state index contributed by atoms with van der Waals surface area (Å²) in [6, 6.07) is -1.01. The minimum Gasteiger partial charge on any atom is -0.396 e. The number of methoxy groups -OCH3 is 1. The third-order valence-electron chi connectivity index (χ3n) is 19.0. The van der Waals surface area contributed by atoms with Crippen LogP contribution >= 0.6 is 15.2 Å². The van der Waals surface area contributed by atoms with E-state index in [1.165, 1.54) is 18.3 Å². The number of β-amino-alcohol motifs (C(OH)–C–C–N with tert-alkyl or cyclic N) is 1. The number of aliphatic hydroxyl groups excluding tert-OH is 4. The van der Waals surface area contributed by atoms with E-state index in [0.717, 1.165) is 38.5 Å². The Labute approximate surface area is 631 Å². The van der Waals surface area contributed by atoms with Crippen LogP contribution in [0.1, 0.15) is 237 Å². The lowest BCUT2D eigenvalue weighted by atomic mass is 10.0. The van der Waals surface area contributed by atoms with Crippen LogP contribution in [-0.2, 0) is 80.2 Å². The predicted octanol–water partition coefficient (Wildman–Crippen LogP) is 6.98. The molecular formula is C73H127N9O23P2. The second-order valence-corrected chi connectivity index (χ2v) is 32.1. The molecule has 3 amide bonds. The molecule has 2 aromatic heterocycles. The lowest BCUT2D eigenvalue weighted by molar-refractivity contribution is -0.133. The van der Waals surface area contributed by atoms with Gasteiger partial charge in [-0.1, -0.05) is 44.9 Å². The summed E-state index contributed by atoms with van der Waals surface area (Å²) < 4.78 is 68.1. The minimum absolute atomic E-state index is 0.00429. The van der Waals surface area contributed by atoms with Crippen LogP contribution in [0, 0.1) is 5.92 Å². The molecule has 4 rings (SSSR count). The molecule has 34 heteroatoms. The minimum atomic E-state index is -4.47. The summed E-state index contributed by atoms with van der Waals surface area (Å²) in [6.07, 6.45) is 18.1. The highest BCUT2D eigenvalue weighted by molar-refractivity contribution is 7.52. The van der Waals surface area contributed by atoms with Gasteiger partial charge in [0.05, 0.1) is 84.0 Å². The molecule has 1 aliphatic heterocycles. The standard InChI is InChI=1S/C73H127N9O23P2/c1-99-55-106(95,96)104-48-57-43-58(82-54-79-70-71(74)77-53-78-72(70)82)45-66(57)103-56-107(97,98)105-49-59-44-65(91)47-81(59)69(94)31-13-5-3-2-4-12-30-68(93)80-73(50-100-40-32-62(88)25-10-7-6-9-23-60(86)27-15-20-37-83,51-101-41-33-63(89)26-14-19-35-75-46-64(90)29-17-22-39-85)52-102-42-34-67(92)76-36-18-8-11-24-61(87)28-16-21-38-84/h53-54,57-59,65-66,75,83-85,91H,2-52,55-56H2,1H3,(H,76,92)(H,80,93)(H,95,96)(H,97,98)(H2,74,77,78)/t57-,58-,59+,65-,66+,73?/m1/s1. The topological polar surface area (TPSA) is 466 Å². The van der Waals surface area contributed by atoms with E-state index < -0.39 is 57.6 Å². The Kier molecular flexibility index (Phi) is 48.9. The number of carbonyl (C=O) groups excluding carboxylic acids is 8. The maximum absolute atomic E-state index is 14.0. The molecule has 2 fully saturated rings. The second kappa shape index (κ2) is 55.4. The van der Waals surface area contributed by atoms with Gasteiger partial charge in [0.25, 0.3) is 0 Å². The van der Waals surface area contributed by atoms with E-state index in [2.05, 4.69) is 30.9 Å². The summed E-state index contributed by atoms with van der Waals surface area (Å²) in [4.78, 5) is 138. The van der Waals surface area contributed by atoms with Crippen molar-refractivity contribution in [3.05, 3.63) is 12.7 Å². The average Bonchev–Trinajstić information content (AvgIpc) is 1.64. The predicted molar refractivity (Wildman–Crippen MR) is 399 cm³/mol. The molecule has 32 nitrogen and oxygen atoms in total. The highest BCUT2D eigenvalue weighted by Crippen LogP contribution is 2.48. The van der Waals surface area contributed by atoms with Gasteiger partial charge in [0.15, 0.2) is 11.5 Å². The lowest BCUT2D eigenvalue weighted by Crippen LogP contribution is -2.58. The van der Waals surface area contributed by atoms with Gasteiger partial charge in [-0.25, -0.2) is 15.0 Å². The monoisotopic (exact) mass is 1560 g/mol. The summed E-state index contributed by atoms with van der Waals surface area (Å²) in [6.45, 7) is 0.464. The first-order valence-corrected chi connectivity index (χ1v) is 42.4. The number of Topliss-reactive ketones (excluding diaryl/α,β-unsaturated/α-hetero) is 5. The molecule has 3 unspecified atom stereocenters. The van der Waals surface area contributed by atoms with Gasteiger partial charge >= 0.3 is 15.2 Å². The number of unbranched alkanes of at least 4 members (excludes halogenated alkanes) is 14. The van der Waals surface area contributed by atoms with Crippen LogP contribution in [0.3, 0.4) is 0 Å². The SMILES string of the molecule is COCP(=O)(O)OC[C@H]1C[C@@H](n2cnc3c(N)ncnc32)C[C@@H]1OCP(=O)(O)OC[C@@H]1C[C@@H](O)CN1C(=O)CCCCCCCCC(=O)NC(COCCC(=O)CCCCCCC(=O)CCCCO)(COCCC(=O)CCCCNCC(=O)CCCCO)COCCC(=O)NCCCCCC(=O)CCCCO. The number of anilines is 1. The van der Waals surface area contributed by atoms with Crippen LogP contribution in [-0.4, -0.2) is 244 Å². The average molecular weight is 1560 g/mol. The van der Waals surface area contributed by atoms with Crippen molar-refractivity contribution in [1.82, 2.24) is 40.4 Å². The smallest absolute Gasteiger partial charge is 0.353 e. The number of ketones is 5. The van der Waals surface area contributed by atoms with Gasteiger partial charge in [0.2, 0.25) is 17.7 Å². The second-order valence-electron chi connectivity index (χ2n) is 28.5. The number of amides is 3. The number of nitrogens with one attached hydrogen (secondary N) is 3. The first-order chi connectivity index (χ1) is 51.5. The number of nitrogens with zero attached hydrogens (tertiary/aromatic N) is 5. The van der Waals surface area contributed by atoms with Crippen LogP contribution in [0.2, 0.25) is 0 Å². The largest absolute Gasteiger partial charge is 0.396 e. The fourth-order valence-electron chi connectivity index (χ4n) is 13.0. The van der Waals surface area contributed by atoms with Gasteiger partial charge in [-0.05, 0) is 116 Å². The van der Waals surface area contributed by atoms with E-state index in [1.54, 1.807) is 10.9 Å². The Morgan fingerprint density at radius 2 is 1.04 bits per heavy atom. The van der Waals surface area contributed by atoms with E-state index in [-0.39, 0.29) is 189 Å². The van der Waals surface area contributed by atoms with Crippen molar-refractivity contribution in [3.8, 4) is 0 Å². The van der Waals surface area contributed by atoms with Crippen molar-refractivity contribution in [1.29, 1.82) is 0 Å². The molecule has 0 radical (unpaired) electrons. The summed E-state index contributed by atoms with van der Waals surface area (Å²) in [7, 11) is -7.33. The zero-order valence-electron chi connectivity index (χ0n) is 63.3. The number of likely N-dealkylation sites (tertiary alicyclic amines) is 1. The number of aromatic nitrogens is 4. The highest BCUT2D eigenvalue weighted by atomic mass is 31.2. The maximum atomic E-state index is 14.0. The summed E-state index contributed by atoms with van der Waals surface area (Å²) >= 11 is 0. The molecular weight excluding hydrogens is 1430 g/mol. The Morgan fingerprint density at radius 1 is 0.551 bits per heavy atom. The van der Waals surface area contributed by atoms with Gasteiger partial charge in [0, 0.05) is 129 Å². The lowest BCUT2D eigenvalue weighted by Gasteiger charge is -2.34. The summed E-state index contributed by atoms with van der Waals surface area (Å²) in [5, 5.41) is 46.7. The Bertz CT molecular complexity index is 2870. The quantitative estimate of drug-likeness (QED) is 0.0236. The molecule has 1 aliphatic carbocycles. The Balaban J connectivity index is 1.30. The summed E-state index contributed by atoms with van der Waals surface area (Å²) in [5.41, 5.74) is 5.56. The van der Waals surface area contributed by atoms with Gasteiger partial charge < -0.3 is 94.1 Å². The normalized spacial score (nSPS) is 18.3. The van der Waals surface area contributed by atoms with Crippen LogP contribution < -0.4 is 21.7 Å². The molecule has 0 bridgehead atoms. The fraction of sp³-hybridized carbons (Fsp3) is 0.822. The Morgan fingerprint density at radius 3 is 1.62 bits per heavy atom. The molecule has 0 spiro atoms. The van der Waals surface area contributed by atoms with Gasteiger partial charge in [0.1, 0.15) is 59.0 Å². The molecule has 3 heterocycles. The maximum Gasteiger partial charge on any atom is 0.353 e. The van der Waals surface area contributed by atoms with Crippen molar-refractivity contribution in [2.75, 3.05) is 124 Å². The Hall–Kier alpha value is -4.99. The number of aliphatic hydroxyl groups is 4. The fourth-order valence-corrected chi connectivity index (χ4v) is 14.7. The number of imidazole rings is 1. The van der Waals surface area contributed by atoms with Crippen molar-refractivity contribution >= 4 is 78.8 Å². The third kappa shape index (κ3) is 41.7. The van der Waals surface area contributed by atoms with Gasteiger partial charge in [-0.3, -0.25) is 47.5 Å². The summed E-state index contributed by atoms with van der Waals surface area (Å²) in [5.74, 6) is -0.792. The van der Waals surface area contributed by atoms with E-state index in [9.17, 15) is 62.4 Å². The number of nitrogens with two attached hydrogens (primary N) is 1. The molecule has 2 aliphatic rings. The molecule has 612 valence electrons. The van der Waals surface area contributed by atoms with Gasteiger partial charge in [-0.15, -0.1) is 0 Å². The molecule has 107 heavy (non-hydrogen) atoms. The molecule has 8 atom stereocenters. The van der Waals surface area contributed by atoms with Crippen molar-refractivity contribution < 1.29 is 110 Å². The third-order valence-corrected chi connectivity index (χ3v) is 21.2. The number of nitrogen functional groups attached to an aromatic ring is 1. The molecule has 1 saturated heterocycles. The first kappa shape index (κ1) is 94.4. The molecule has 1 saturated carbocycles. The number of hydrogen-bond donors (Lipinski definition) is 10. The number of ether oxygens (including phenoxy) is 5. The number of fused-ring (bicyclic) bond motifs is 1. The van der Waals surface area contributed by atoms with Crippen molar-refractivity contribution in [2.24, 2.45) is 5.92 Å². The zero-order valence-corrected chi connectivity index (χ0v) is 65.1. The van der Waals surface area contributed by atoms with E-state index in [4.69, 9.17) is 53.8 Å². The van der Waals surface area contributed by atoms with Crippen molar-refractivity contribution in [3.63, 3.8) is 0 Å². The molecule has 11 N–H and O–H groups in total. The van der Waals surface area contributed by atoms with E-state index in [0.29, 0.717) is 172 Å². The zero-order chi connectivity index (χ0) is 78.0. The van der Waals surface area contributed by atoms with Crippen LogP contribution in [0.4, 0.5) is 5.82 Å².